The summed E-state index contributed by atoms with van der Waals surface area (Å²) in [7, 11) is -4.67. The molecule has 0 radical (unpaired) electrons. The summed E-state index contributed by atoms with van der Waals surface area (Å²) < 4.78 is 63.5. The van der Waals surface area contributed by atoms with Gasteiger partial charge in [-0.1, -0.05) is 46.2 Å². The first-order valence-electron chi connectivity index (χ1n) is 21.5. The number of amides is 4. The zero-order valence-corrected chi connectivity index (χ0v) is 39.3. The maximum absolute atomic E-state index is 12.5. The minimum absolute atomic E-state index is 0.00112. The molecule has 4 amide bonds. The lowest BCUT2D eigenvalue weighted by atomic mass is 10.00. The summed E-state index contributed by atoms with van der Waals surface area (Å²) >= 11 is 1.88. The van der Waals surface area contributed by atoms with E-state index in [2.05, 4.69) is 25.5 Å². The van der Waals surface area contributed by atoms with Gasteiger partial charge in [0.2, 0.25) is 11.8 Å². The van der Waals surface area contributed by atoms with E-state index in [0.29, 0.717) is 91.6 Å². The number of hydrogen-bond donors (Lipinski definition) is 6. The Hall–Kier alpha value is -4.18. The number of aliphatic carboxylic acids is 1. The third kappa shape index (κ3) is 21.4. The second kappa shape index (κ2) is 30.0. The Kier molecular flexibility index (Phi) is 26.2. The van der Waals surface area contributed by atoms with Crippen LogP contribution in [0.1, 0.15) is 82.1 Å². The summed E-state index contributed by atoms with van der Waals surface area (Å²) in [5, 5.41) is 21.5. The van der Waals surface area contributed by atoms with Crippen molar-refractivity contribution >= 4 is 46.0 Å². The standard InChI is InChI=1S/C39H56N4O14S2.2C2H6/c1-25-22-29(8-9-32(25)57-59(49,50)51)56-37-26(2)20-28(21-27(37)3)23-30(38(46)47)41-35(45)10-12-52-14-16-54-18-19-55-17-15-53-13-11-40-34(44)7-5-4-6-33-36-31(24-58-33)42-39(48)43-36;2*1-2/h8-9,20-22,30-31,33,36H,4-7,10-19,23-24H2,1-3H3,(H,40,44)(H,41,45)(H,46,47)(H2,42,43,48)(H,49,50,51);2*1-2H3. The van der Waals surface area contributed by atoms with Crippen molar-refractivity contribution < 1.29 is 65.1 Å². The van der Waals surface area contributed by atoms with Gasteiger partial charge in [0.1, 0.15) is 23.3 Å². The van der Waals surface area contributed by atoms with Gasteiger partial charge in [-0.15, -0.1) is 0 Å². The highest BCUT2D eigenvalue weighted by atomic mass is 32.3. The fourth-order valence-electron chi connectivity index (χ4n) is 6.58. The zero-order chi connectivity index (χ0) is 46.8. The predicted molar refractivity (Wildman–Crippen MR) is 240 cm³/mol. The Morgan fingerprint density at radius 1 is 0.810 bits per heavy atom. The van der Waals surface area contributed by atoms with Gasteiger partial charge >= 0.3 is 22.4 Å². The Morgan fingerprint density at radius 2 is 1.41 bits per heavy atom. The third-order valence-corrected chi connectivity index (χ3v) is 11.3. The molecule has 20 heteroatoms. The zero-order valence-electron chi connectivity index (χ0n) is 37.6. The molecule has 63 heavy (non-hydrogen) atoms. The molecule has 0 bridgehead atoms. The largest absolute Gasteiger partial charge is 0.480 e. The fraction of sp³-hybridized carbons (Fsp3) is 0.628. The summed E-state index contributed by atoms with van der Waals surface area (Å²) in [6.45, 7) is 16.1. The molecule has 2 saturated heterocycles. The number of carbonyl (C=O) groups excluding carboxylic acids is 3. The number of carboxylic acids is 1. The molecule has 356 valence electrons. The van der Waals surface area contributed by atoms with Crippen LogP contribution < -0.4 is 30.2 Å². The predicted octanol–water partition coefficient (Wildman–Crippen LogP) is 5.05. The number of nitrogens with one attached hydrogen (secondary N) is 4. The third-order valence-electron chi connectivity index (χ3n) is 9.39. The smallest absolute Gasteiger partial charge is 0.446 e. The summed E-state index contributed by atoms with van der Waals surface area (Å²) in [5.74, 6) is 0.163. The van der Waals surface area contributed by atoms with Crippen LogP contribution in [0.5, 0.6) is 17.2 Å². The van der Waals surface area contributed by atoms with Gasteiger partial charge in [0, 0.05) is 36.8 Å². The van der Waals surface area contributed by atoms with Crippen LogP contribution in [0.2, 0.25) is 0 Å². The number of rotatable bonds is 28. The molecule has 2 aliphatic rings. The lowest BCUT2D eigenvalue weighted by Crippen LogP contribution is -2.42. The van der Waals surface area contributed by atoms with Crippen LogP contribution in [0, 0.1) is 20.8 Å². The number of hydrogen-bond acceptors (Lipinski definition) is 13. The number of carboxylic acid groups (broad SMARTS) is 1. The van der Waals surface area contributed by atoms with Crippen molar-refractivity contribution in [3.8, 4) is 17.2 Å². The van der Waals surface area contributed by atoms with Crippen molar-refractivity contribution in [2.75, 3.05) is 65.2 Å². The average molecular weight is 929 g/mol. The molecule has 0 spiro atoms. The van der Waals surface area contributed by atoms with Crippen molar-refractivity contribution in [2.24, 2.45) is 0 Å². The molecule has 2 aromatic carbocycles. The first-order chi connectivity index (χ1) is 30.2. The van der Waals surface area contributed by atoms with E-state index in [1.165, 1.54) is 12.1 Å². The fourth-order valence-corrected chi connectivity index (χ4v) is 8.54. The minimum atomic E-state index is -4.67. The second-order valence-electron chi connectivity index (χ2n) is 14.2. The van der Waals surface area contributed by atoms with E-state index >= 15 is 0 Å². The Balaban J connectivity index is 0.00000331. The summed E-state index contributed by atoms with van der Waals surface area (Å²) in [4.78, 5) is 48.1. The minimum Gasteiger partial charge on any atom is -0.480 e. The van der Waals surface area contributed by atoms with Gasteiger partial charge in [-0.25, -0.2) is 9.59 Å². The molecule has 18 nitrogen and oxygen atoms in total. The number of carbonyl (C=O) groups is 4. The molecule has 2 aliphatic heterocycles. The van der Waals surface area contributed by atoms with E-state index in [-0.39, 0.29) is 55.8 Å². The van der Waals surface area contributed by atoms with Crippen LogP contribution in [0.25, 0.3) is 0 Å². The molecule has 2 fully saturated rings. The molecule has 0 saturated carbocycles. The monoisotopic (exact) mass is 928 g/mol. The quantitative estimate of drug-likeness (QED) is 0.0372. The number of fused-ring (bicyclic) bond motifs is 1. The summed E-state index contributed by atoms with van der Waals surface area (Å²) in [6.07, 6.45) is 3.20. The van der Waals surface area contributed by atoms with Crippen LogP contribution in [-0.2, 0) is 50.2 Å². The molecule has 6 N–H and O–H groups in total. The molecule has 0 aliphatic carbocycles. The van der Waals surface area contributed by atoms with E-state index in [1.807, 2.05) is 39.5 Å². The van der Waals surface area contributed by atoms with E-state index in [1.54, 1.807) is 39.0 Å². The topological polar surface area (TPSA) is 246 Å². The molecular weight excluding hydrogens is 861 g/mol. The van der Waals surface area contributed by atoms with Crippen molar-refractivity contribution in [3.63, 3.8) is 0 Å². The van der Waals surface area contributed by atoms with Gasteiger partial charge in [-0.2, -0.15) is 20.2 Å². The molecule has 2 heterocycles. The molecule has 4 rings (SSSR count). The van der Waals surface area contributed by atoms with Crippen molar-refractivity contribution in [1.82, 2.24) is 21.3 Å². The van der Waals surface area contributed by atoms with E-state index in [9.17, 15) is 32.7 Å². The van der Waals surface area contributed by atoms with Crippen molar-refractivity contribution in [3.05, 3.63) is 52.6 Å². The van der Waals surface area contributed by atoms with E-state index < -0.39 is 28.3 Å². The SMILES string of the molecule is CC.CC.Cc1cc(Oc2c(C)cc(CC(NC(=O)CCOCCOCCOCCOCCNC(=O)CCCCC3SCC4NC(=O)NC43)C(=O)O)cc2C)ccc1OS(=O)(=O)O. The average Bonchev–Trinajstić information content (AvgIpc) is 3.80. The van der Waals surface area contributed by atoms with Gasteiger partial charge in [-0.3, -0.25) is 14.1 Å². The number of aryl methyl sites for hydroxylation is 3. The van der Waals surface area contributed by atoms with Gasteiger partial charge in [0.25, 0.3) is 0 Å². The van der Waals surface area contributed by atoms with Gasteiger partial charge in [0.05, 0.1) is 64.9 Å². The highest BCUT2D eigenvalue weighted by molar-refractivity contribution is 8.00. The van der Waals surface area contributed by atoms with Gasteiger partial charge in [-0.05, 0) is 74.1 Å². The van der Waals surface area contributed by atoms with E-state index in [4.69, 9.17) is 28.2 Å². The normalized spacial score (nSPS) is 16.8. The highest BCUT2D eigenvalue weighted by Crippen LogP contribution is 2.34. The Labute approximate surface area is 376 Å². The number of benzene rings is 2. The molecular formula is C43H68N4O14S2. The number of unbranched alkanes of at least 4 members (excludes halogenated alkanes) is 1. The number of thioether (sulfide) groups is 1. The molecule has 4 unspecified atom stereocenters. The Morgan fingerprint density at radius 3 is 2.00 bits per heavy atom. The van der Waals surface area contributed by atoms with Gasteiger partial charge in [0.15, 0.2) is 0 Å². The number of urea groups is 1. The van der Waals surface area contributed by atoms with Crippen molar-refractivity contribution in [2.45, 2.75) is 110 Å². The van der Waals surface area contributed by atoms with Gasteiger partial charge < -0.3 is 54.2 Å². The van der Waals surface area contributed by atoms with Crippen LogP contribution in [0.4, 0.5) is 4.79 Å². The van der Waals surface area contributed by atoms with Crippen LogP contribution in [0.3, 0.4) is 0 Å². The maximum atomic E-state index is 12.5. The van der Waals surface area contributed by atoms with Crippen LogP contribution >= 0.6 is 11.8 Å². The summed E-state index contributed by atoms with van der Waals surface area (Å²) in [5.41, 5.74) is 2.52. The number of ether oxygens (including phenoxy) is 5. The lowest BCUT2D eigenvalue weighted by Gasteiger charge is -2.18. The first-order valence-corrected chi connectivity index (χ1v) is 23.9. The van der Waals surface area contributed by atoms with Crippen LogP contribution in [-0.4, -0.2) is 130 Å². The molecule has 2 aromatic rings. The molecule has 4 atom stereocenters. The first kappa shape index (κ1) is 55.0. The maximum Gasteiger partial charge on any atom is 0.446 e. The molecule has 0 aromatic heterocycles. The summed E-state index contributed by atoms with van der Waals surface area (Å²) in [6, 6.07) is 7.10. The van der Waals surface area contributed by atoms with Crippen LogP contribution in [0.15, 0.2) is 30.3 Å². The van der Waals surface area contributed by atoms with Crippen molar-refractivity contribution in [1.29, 1.82) is 0 Å². The second-order valence-corrected chi connectivity index (χ2v) is 16.5. The van der Waals surface area contributed by atoms with E-state index in [0.717, 1.165) is 25.0 Å². The Bertz CT molecular complexity index is 1810. The highest BCUT2D eigenvalue weighted by Gasteiger charge is 2.42. The lowest BCUT2D eigenvalue weighted by molar-refractivity contribution is -0.142.